The van der Waals surface area contributed by atoms with Crippen LogP contribution in [-0.2, 0) is 6.54 Å². The van der Waals surface area contributed by atoms with E-state index in [0.717, 1.165) is 38.5 Å². The molecule has 1 aromatic heterocycles. The maximum absolute atomic E-state index is 4.61. The minimum absolute atomic E-state index is 0.200. The van der Waals surface area contributed by atoms with Gasteiger partial charge in [0.1, 0.15) is 5.82 Å². The van der Waals surface area contributed by atoms with Crippen LogP contribution in [0.1, 0.15) is 26.3 Å². The van der Waals surface area contributed by atoms with Gasteiger partial charge in [0.2, 0.25) is 0 Å². The number of piperazine rings is 1. The average Bonchev–Trinajstić information content (AvgIpc) is 2.40. The van der Waals surface area contributed by atoms with Crippen molar-refractivity contribution in [3.05, 3.63) is 23.9 Å². The van der Waals surface area contributed by atoms with E-state index in [9.17, 15) is 0 Å². The second-order valence-electron chi connectivity index (χ2n) is 5.92. The monoisotopic (exact) mass is 262 g/mol. The summed E-state index contributed by atoms with van der Waals surface area (Å²) < 4.78 is 0. The molecule has 19 heavy (non-hydrogen) atoms. The van der Waals surface area contributed by atoms with Crippen LogP contribution in [0.5, 0.6) is 0 Å². The van der Waals surface area contributed by atoms with E-state index in [2.05, 4.69) is 54.0 Å². The normalized spacial score (nSPS) is 19.7. The summed E-state index contributed by atoms with van der Waals surface area (Å²) in [6, 6.07) is 4.20. The number of hydrogen-bond acceptors (Lipinski definition) is 4. The Morgan fingerprint density at radius 1 is 1.37 bits per heavy atom. The van der Waals surface area contributed by atoms with Gasteiger partial charge in [-0.05, 0) is 33.5 Å². The van der Waals surface area contributed by atoms with Gasteiger partial charge in [-0.25, -0.2) is 4.98 Å². The molecule has 1 N–H and O–H groups in total. The second kappa shape index (κ2) is 5.88. The van der Waals surface area contributed by atoms with Crippen LogP contribution < -0.4 is 10.2 Å². The lowest BCUT2D eigenvalue weighted by atomic mass is 9.99. The van der Waals surface area contributed by atoms with Crippen molar-refractivity contribution in [2.75, 3.05) is 38.1 Å². The second-order valence-corrected chi connectivity index (χ2v) is 5.92. The molecule has 106 valence electrons. The van der Waals surface area contributed by atoms with E-state index in [1.807, 2.05) is 12.3 Å². The van der Waals surface area contributed by atoms with Crippen molar-refractivity contribution in [2.45, 2.75) is 32.9 Å². The Bertz CT molecular complexity index is 416. The number of aromatic nitrogens is 1. The summed E-state index contributed by atoms with van der Waals surface area (Å²) in [6.45, 7) is 11.8. The van der Waals surface area contributed by atoms with Crippen molar-refractivity contribution in [3.8, 4) is 0 Å². The fourth-order valence-electron chi connectivity index (χ4n) is 2.53. The highest BCUT2D eigenvalue weighted by Crippen LogP contribution is 2.25. The van der Waals surface area contributed by atoms with Crippen LogP contribution >= 0.6 is 0 Å². The van der Waals surface area contributed by atoms with Gasteiger partial charge in [0.15, 0.2) is 0 Å². The first-order chi connectivity index (χ1) is 9.04. The van der Waals surface area contributed by atoms with Gasteiger partial charge in [-0.3, -0.25) is 4.90 Å². The van der Waals surface area contributed by atoms with Crippen LogP contribution in [0.25, 0.3) is 0 Å². The summed E-state index contributed by atoms with van der Waals surface area (Å²) in [5, 5.41) is 3.40. The molecule has 4 heteroatoms. The lowest BCUT2D eigenvalue weighted by Crippen LogP contribution is -2.58. The van der Waals surface area contributed by atoms with Gasteiger partial charge in [-0.1, -0.05) is 13.0 Å². The molecule has 0 radical (unpaired) electrons. The lowest BCUT2D eigenvalue weighted by Gasteiger charge is -2.46. The maximum atomic E-state index is 4.61. The van der Waals surface area contributed by atoms with Gasteiger partial charge in [0.25, 0.3) is 0 Å². The van der Waals surface area contributed by atoms with Crippen molar-refractivity contribution in [1.82, 2.24) is 15.2 Å². The van der Waals surface area contributed by atoms with Crippen molar-refractivity contribution < 1.29 is 0 Å². The average molecular weight is 262 g/mol. The molecular formula is C15H26N4. The lowest BCUT2D eigenvalue weighted by molar-refractivity contribution is 0.138. The number of likely N-dealkylation sites (N-methyl/N-ethyl adjacent to an activating group) is 1. The summed E-state index contributed by atoms with van der Waals surface area (Å²) in [7, 11) is 2.20. The number of rotatable bonds is 4. The Kier molecular flexibility index (Phi) is 4.42. The first-order valence-electron chi connectivity index (χ1n) is 7.15. The summed E-state index contributed by atoms with van der Waals surface area (Å²) in [4.78, 5) is 9.46. The molecule has 1 aromatic rings. The molecule has 2 heterocycles. The largest absolute Gasteiger partial charge is 0.353 e. The maximum Gasteiger partial charge on any atom is 0.133 e. The van der Waals surface area contributed by atoms with Crippen LogP contribution in [0.3, 0.4) is 0 Å². The number of pyridine rings is 1. The standard InChI is InChI=1S/C15H26N4/c1-5-16-11-13-7-6-8-17-14(13)19-10-9-18(4)15(2,3)12-19/h6-8,16H,5,9-12H2,1-4H3. The number of anilines is 1. The van der Waals surface area contributed by atoms with Crippen LogP contribution in [0.4, 0.5) is 5.82 Å². The van der Waals surface area contributed by atoms with Crippen molar-refractivity contribution in [2.24, 2.45) is 0 Å². The summed E-state index contributed by atoms with van der Waals surface area (Å²) in [5.74, 6) is 1.14. The Morgan fingerprint density at radius 3 is 2.84 bits per heavy atom. The fraction of sp³-hybridized carbons (Fsp3) is 0.667. The fourth-order valence-corrected chi connectivity index (χ4v) is 2.53. The highest BCUT2D eigenvalue weighted by atomic mass is 15.3. The van der Waals surface area contributed by atoms with Gasteiger partial charge in [-0.2, -0.15) is 0 Å². The Hall–Kier alpha value is -1.13. The van der Waals surface area contributed by atoms with Crippen molar-refractivity contribution >= 4 is 5.82 Å². The van der Waals surface area contributed by atoms with Gasteiger partial charge < -0.3 is 10.2 Å². The summed E-state index contributed by atoms with van der Waals surface area (Å²) >= 11 is 0. The smallest absolute Gasteiger partial charge is 0.133 e. The zero-order chi connectivity index (χ0) is 13.9. The van der Waals surface area contributed by atoms with Crippen LogP contribution in [0, 0.1) is 0 Å². The predicted octanol–water partition coefficient (Wildman–Crippen LogP) is 1.72. The molecule has 2 rings (SSSR count). The van der Waals surface area contributed by atoms with E-state index in [0.29, 0.717) is 0 Å². The molecule has 1 saturated heterocycles. The minimum Gasteiger partial charge on any atom is -0.353 e. The minimum atomic E-state index is 0.200. The van der Waals surface area contributed by atoms with Crippen molar-refractivity contribution in [1.29, 1.82) is 0 Å². The molecule has 0 aliphatic carbocycles. The molecule has 0 amide bonds. The van der Waals surface area contributed by atoms with Gasteiger partial charge in [0, 0.05) is 43.5 Å². The predicted molar refractivity (Wildman–Crippen MR) is 80.5 cm³/mol. The highest BCUT2D eigenvalue weighted by Gasteiger charge is 2.32. The van der Waals surface area contributed by atoms with E-state index >= 15 is 0 Å². The van der Waals surface area contributed by atoms with Crippen molar-refractivity contribution in [3.63, 3.8) is 0 Å². The zero-order valence-corrected chi connectivity index (χ0v) is 12.6. The molecule has 0 unspecified atom stereocenters. The molecular weight excluding hydrogens is 236 g/mol. The van der Waals surface area contributed by atoms with Gasteiger partial charge in [-0.15, -0.1) is 0 Å². The third-order valence-corrected chi connectivity index (χ3v) is 4.05. The van der Waals surface area contributed by atoms with E-state index in [1.54, 1.807) is 0 Å². The number of nitrogens with one attached hydrogen (secondary N) is 1. The Morgan fingerprint density at radius 2 is 2.16 bits per heavy atom. The van der Waals surface area contributed by atoms with Crippen LogP contribution in [-0.4, -0.2) is 48.6 Å². The molecule has 1 aliphatic heterocycles. The molecule has 0 bridgehead atoms. The van der Waals surface area contributed by atoms with E-state index in [4.69, 9.17) is 0 Å². The van der Waals surface area contributed by atoms with Crippen LogP contribution in [0.2, 0.25) is 0 Å². The Balaban J connectivity index is 2.17. The first-order valence-corrected chi connectivity index (χ1v) is 7.15. The summed E-state index contributed by atoms with van der Waals surface area (Å²) in [6.07, 6.45) is 1.90. The highest BCUT2D eigenvalue weighted by molar-refractivity contribution is 5.47. The quantitative estimate of drug-likeness (QED) is 0.895. The SMILES string of the molecule is CCNCc1cccnc1N1CCN(C)C(C)(C)C1. The summed E-state index contributed by atoms with van der Waals surface area (Å²) in [5.41, 5.74) is 1.50. The number of hydrogen-bond donors (Lipinski definition) is 1. The molecule has 1 fully saturated rings. The van der Waals surface area contributed by atoms with Gasteiger partial charge >= 0.3 is 0 Å². The molecule has 1 aliphatic rings. The molecule has 0 spiro atoms. The van der Waals surface area contributed by atoms with Gasteiger partial charge in [0.05, 0.1) is 0 Å². The molecule has 4 nitrogen and oxygen atoms in total. The third kappa shape index (κ3) is 3.25. The van der Waals surface area contributed by atoms with Crippen LogP contribution in [0.15, 0.2) is 18.3 Å². The van der Waals surface area contributed by atoms with E-state index in [1.165, 1.54) is 5.56 Å². The first kappa shape index (κ1) is 14.3. The molecule has 0 aromatic carbocycles. The zero-order valence-electron chi connectivity index (χ0n) is 12.6. The Labute approximate surface area is 116 Å². The third-order valence-electron chi connectivity index (χ3n) is 4.05. The topological polar surface area (TPSA) is 31.4 Å². The number of nitrogens with zero attached hydrogens (tertiary/aromatic N) is 3. The van der Waals surface area contributed by atoms with E-state index in [-0.39, 0.29) is 5.54 Å². The van der Waals surface area contributed by atoms with E-state index < -0.39 is 0 Å². The molecule has 0 saturated carbocycles. The molecule has 0 atom stereocenters.